The van der Waals surface area contributed by atoms with Gasteiger partial charge in [-0.3, -0.25) is 9.69 Å². The summed E-state index contributed by atoms with van der Waals surface area (Å²) in [5.74, 6) is 0.0652. The van der Waals surface area contributed by atoms with Crippen molar-refractivity contribution in [2.45, 2.75) is 85.1 Å². The van der Waals surface area contributed by atoms with E-state index in [1.165, 1.54) is 16.5 Å². The quantitative estimate of drug-likeness (QED) is 0.310. The number of hydrogen-bond acceptors (Lipinski definition) is 4. The number of H-pyrrole nitrogens is 1. The summed E-state index contributed by atoms with van der Waals surface area (Å²) in [7, 11) is 0. The Morgan fingerprint density at radius 1 is 1.03 bits per heavy atom. The van der Waals surface area contributed by atoms with Gasteiger partial charge >= 0.3 is 0 Å². The van der Waals surface area contributed by atoms with Crippen LogP contribution in [0.3, 0.4) is 0 Å². The molecule has 1 heterocycles. The van der Waals surface area contributed by atoms with Gasteiger partial charge in [-0.05, 0) is 62.3 Å². The maximum absolute atomic E-state index is 13.7. The number of fused-ring (bicyclic) bond motifs is 1. The zero-order valence-electron chi connectivity index (χ0n) is 24.3. The third-order valence-corrected chi connectivity index (χ3v) is 7.01. The third kappa shape index (κ3) is 8.69. The van der Waals surface area contributed by atoms with Crippen LogP contribution >= 0.6 is 0 Å². The monoisotopic (exact) mass is 521 g/mol. The molecule has 38 heavy (non-hydrogen) atoms. The molecule has 2 aromatic carbocycles. The molecule has 0 unspecified atom stereocenters. The van der Waals surface area contributed by atoms with Gasteiger partial charge < -0.3 is 19.7 Å². The maximum Gasteiger partial charge on any atom is 0.237 e. The number of nitrogens with one attached hydrogen (secondary N) is 1. The van der Waals surface area contributed by atoms with Crippen molar-refractivity contribution in [1.29, 1.82) is 0 Å². The van der Waals surface area contributed by atoms with E-state index in [0.29, 0.717) is 19.6 Å². The summed E-state index contributed by atoms with van der Waals surface area (Å²) in [6, 6.07) is 17.0. The minimum Gasteiger partial charge on any atom is -0.389 e. The average Bonchev–Trinajstić information content (AvgIpc) is 3.27. The molecule has 1 amide bonds. The SMILES string of the molecule is CC(C)OC[C@@H](O)CN(CC(=O)N(CCc1c[nH]c2ccccc12)Cc1ccc(C(C)(C)C)cc1)C(C)C. The van der Waals surface area contributed by atoms with Crippen LogP contribution in [0.4, 0.5) is 0 Å². The molecule has 208 valence electrons. The number of nitrogens with zero attached hydrogens (tertiary/aromatic N) is 2. The van der Waals surface area contributed by atoms with Gasteiger partial charge in [-0.15, -0.1) is 0 Å². The Labute approximate surface area is 229 Å². The van der Waals surface area contributed by atoms with E-state index in [1.807, 2.05) is 35.8 Å². The first kappa shape index (κ1) is 29.9. The lowest BCUT2D eigenvalue weighted by atomic mass is 9.87. The van der Waals surface area contributed by atoms with Crippen LogP contribution in [-0.4, -0.2) is 70.3 Å². The molecule has 0 fully saturated rings. The van der Waals surface area contributed by atoms with Crippen molar-refractivity contribution >= 4 is 16.8 Å². The van der Waals surface area contributed by atoms with Crippen LogP contribution in [0.25, 0.3) is 10.9 Å². The van der Waals surface area contributed by atoms with Gasteiger partial charge in [0.2, 0.25) is 5.91 Å². The molecule has 1 atom stereocenters. The molecule has 0 saturated carbocycles. The van der Waals surface area contributed by atoms with Crippen molar-refractivity contribution in [2.24, 2.45) is 0 Å². The number of amides is 1. The number of aliphatic hydroxyl groups excluding tert-OH is 1. The zero-order valence-corrected chi connectivity index (χ0v) is 24.3. The molecular weight excluding hydrogens is 474 g/mol. The van der Waals surface area contributed by atoms with Gasteiger partial charge in [-0.2, -0.15) is 0 Å². The van der Waals surface area contributed by atoms with Gasteiger partial charge in [0.15, 0.2) is 0 Å². The fraction of sp³-hybridized carbons (Fsp3) is 0.531. The lowest BCUT2D eigenvalue weighted by molar-refractivity contribution is -0.134. The number of ether oxygens (including phenoxy) is 1. The lowest BCUT2D eigenvalue weighted by Gasteiger charge is -2.31. The molecule has 0 radical (unpaired) electrons. The maximum atomic E-state index is 13.7. The first-order valence-electron chi connectivity index (χ1n) is 13.9. The van der Waals surface area contributed by atoms with Crippen LogP contribution in [0.15, 0.2) is 54.7 Å². The fourth-order valence-corrected chi connectivity index (χ4v) is 4.57. The number of hydrogen-bond donors (Lipinski definition) is 2. The second kappa shape index (κ2) is 13.4. The normalized spacial score (nSPS) is 13.1. The van der Waals surface area contributed by atoms with Crippen molar-refractivity contribution in [2.75, 3.05) is 26.2 Å². The minimum absolute atomic E-state index is 0.0588. The Morgan fingerprint density at radius 2 is 1.71 bits per heavy atom. The average molecular weight is 522 g/mol. The molecular formula is C32H47N3O3. The van der Waals surface area contributed by atoms with Crippen LogP contribution in [0.2, 0.25) is 0 Å². The van der Waals surface area contributed by atoms with Crippen LogP contribution in [0.5, 0.6) is 0 Å². The van der Waals surface area contributed by atoms with E-state index in [9.17, 15) is 9.90 Å². The molecule has 0 bridgehead atoms. The summed E-state index contributed by atoms with van der Waals surface area (Å²) >= 11 is 0. The lowest BCUT2D eigenvalue weighted by Crippen LogP contribution is -2.46. The Bertz CT molecular complexity index is 1140. The van der Waals surface area contributed by atoms with Crippen LogP contribution in [0, 0.1) is 0 Å². The van der Waals surface area contributed by atoms with Crippen molar-refractivity contribution in [3.05, 3.63) is 71.4 Å². The highest BCUT2D eigenvalue weighted by atomic mass is 16.5. The Hall–Kier alpha value is -2.67. The van der Waals surface area contributed by atoms with Crippen molar-refractivity contribution < 1.29 is 14.6 Å². The summed E-state index contributed by atoms with van der Waals surface area (Å²) in [6.45, 7) is 16.7. The van der Waals surface area contributed by atoms with E-state index >= 15 is 0 Å². The van der Waals surface area contributed by atoms with Gasteiger partial charge in [0, 0.05) is 42.8 Å². The number of carbonyl (C=O) groups excluding carboxylic acids is 1. The molecule has 0 spiro atoms. The zero-order chi connectivity index (χ0) is 27.9. The molecule has 3 rings (SSSR count). The molecule has 0 saturated heterocycles. The van der Waals surface area contributed by atoms with Crippen molar-refractivity contribution in [1.82, 2.24) is 14.8 Å². The van der Waals surface area contributed by atoms with Gasteiger partial charge in [-0.1, -0.05) is 63.2 Å². The van der Waals surface area contributed by atoms with E-state index in [2.05, 4.69) is 82.2 Å². The largest absolute Gasteiger partial charge is 0.389 e. The smallest absolute Gasteiger partial charge is 0.237 e. The summed E-state index contributed by atoms with van der Waals surface area (Å²) in [6.07, 6.45) is 2.24. The van der Waals surface area contributed by atoms with Gasteiger partial charge in [0.1, 0.15) is 0 Å². The number of para-hydroxylation sites is 1. The van der Waals surface area contributed by atoms with Gasteiger partial charge in [0.05, 0.1) is 25.4 Å². The summed E-state index contributed by atoms with van der Waals surface area (Å²) in [4.78, 5) is 21.1. The van der Waals surface area contributed by atoms with Crippen molar-refractivity contribution in [3.63, 3.8) is 0 Å². The molecule has 6 nitrogen and oxygen atoms in total. The second-order valence-corrected chi connectivity index (χ2v) is 11.9. The number of aliphatic hydroxyl groups is 1. The standard InChI is InChI=1S/C32H47N3O3/c1-23(2)35(20-28(36)22-38-24(3)4)21-31(37)34(19-25-12-14-27(15-13-25)32(5,6)7)17-16-26-18-33-30-11-9-8-10-29(26)30/h8-15,18,23-24,28,33,36H,16-17,19-22H2,1-7H3/t28-/m0/s1. The number of carbonyl (C=O) groups is 1. The molecule has 2 N–H and O–H groups in total. The molecule has 1 aromatic heterocycles. The topological polar surface area (TPSA) is 68.8 Å². The predicted molar refractivity (Wildman–Crippen MR) is 156 cm³/mol. The van der Waals surface area contributed by atoms with Crippen LogP contribution in [0.1, 0.15) is 65.2 Å². The molecule has 0 aliphatic heterocycles. The second-order valence-electron chi connectivity index (χ2n) is 11.9. The van der Waals surface area contributed by atoms with Gasteiger partial charge in [0.25, 0.3) is 0 Å². The summed E-state index contributed by atoms with van der Waals surface area (Å²) < 4.78 is 5.59. The third-order valence-electron chi connectivity index (χ3n) is 7.01. The van der Waals surface area contributed by atoms with E-state index in [4.69, 9.17) is 4.74 Å². The van der Waals surface area contributed by atoms with E-state index < -0.39 is 6.10 Å². The van der Waals surface area contributed by atoms with Gasteiger partial charge in [-0.25, -0.2) is 0 Å². The molecule has 0 aliphatic carbocycles. The number of benzene rings is 2. The summed E-state index contributed by atoms with van der Waals surface area (Å²) in [5, 5.41) is 11.7. The number of aromatic amines is 1. The van der Waals surface area contributed by atoms with E-state index in [0.717, 1.165) is 17.5 Å². The molecule has 6 heteroatoms. The Balaban J connectivity index is 1.75. The Kier molecular flexibility index (Phi) is 10.5. The summed E-state index contributed by atoms with van der Waals surface area (Å²) in [5.41, 5.74) is 4.81. The fourth-order valence-electron chi connectivity index (χ4n) is 4.57. The number of aromatic nitrogens is 1. The van der Waals surface area contributed by atoms with E-state index in [1.54, 1.807) is 0 Å². The molecule has 3 aromatic rings. The first-order chi connectivity index (χ1) is 17.9. The Morgan fingerprint density at radius 3 is 2.34 bits per heavy atom. The van der Waals surface area contributed by atoms with Crippen molar-refractivity contribution in [3.8, 4) is 0 Å². The van der Waals surface area contributed by atoms with Crippen LogP contribution in [-0.2, 0) is 27.9 Å². The number of rotatable bonds is 13. The van der Waals surface area contributed by atoms with E-state index in [-0.39, 0.29) is 36.6 Å². The predicted octanol–water partition coefficient (Wildman–Crippen LogP) is 5.53. The highest BCUT2D eigenvalue weighted by Gasteiger charge is 2.23. The first-order valence-corrected chi connectivity index (χ1v) is 13.9. The minimum atomic E-state index is -0.641. The molecule has 0 aliphatic rings. The highest BCUT2D eigenvalue weighted by molar-refractivity contribution is 5.83. The highest BCUT2D eigenvalue weighted by Crippen LogP contribution is 2.23. The van der Waals surface area contributed by atoms with Crippen LogP contribution < -0.4 is 0 Å².